The largest absolute Gasteiger partial charge is 0.496 e. The summed E-state index contributed by atoms with van der Waals surface area (Å²) in [5, 5.41) is 3.21. The van der Waals surface area contributed by atoms with Crippen LogP contribution in [0, 0.1) is 17.2 Å². The maximum Gasteiger partial charge on any atom is 0.226 e. The lowest BCUT2D eigenvalue weighted by molar-refractivity contribution is -0.137. The van der Waals surface area contributed by atoms with Gasteiger partial charge in [-0.2, -0.15) is 0 Å². The molecule has 172 valence electrons. The van der Waals surface area contributed by atoms with Crippen molar-refractivity contribution in [3.63, 3.8) is 0 Å². The topological polar surface area (TPSA) is 56.8 Å². The zero-order valence-electron chi connectivity index (χ0n) is 18.7. The van der Waals surface area contributed by atoms with Crippen molar-refractivity contribution in [1.82, 2.24) is 5.32 Å². The second kappa shape index (κ2) is 10.5. The van der Waals surface area contributed by atoms with Crippen LogP contribution in [-0.2, 0) is 20.7 Å². The van der Waals surface area contributed by atoms with Crippen LogP contribution in [0.2, 0.25) is 0 Å². The predicted octanol–water partition coefficient (Wildman–Crippen LogP) is 4.38. The Morgan fingerprint density at radius 1 is 1.12 bits per heavy atom. The summed E-state index contributed by atoms with van der Waals surface area (Å²) in [5.74, 6) is 0.838. The molecule has 1 atom stereocenters. The van der Waals surface area contributed by atoms with Crippen molar-refractivity contribution in [3.8, 4) is 16.9 Å². The van der Waals surface area contributed by atoms with E-state index in [4.69, 9.17) is 14.2 Å². The van der Waals surface area contributed by atoms with Crippen molar-refractivity contribution in [2.24, 2.45) is 11.3 Å². The molecule has 0 saturated carbocycles. The highest BCUT2D eigenvalue weighted by molar-refractivity contribution is 5.83. The van der Waals surface area contributed by atoms with Crippen LogP contribution in [0.25, 0.3) is 11.1 Å². The molecule has 32 heavy (non-hydrogen) atoms. The molecular weight excluding hydrogens is 409 g/mol. The minimum Gasteiger partial charge on any atom is -0.496 e. The van der Waals surface area contributed by atoms with E-state index in [1.165, 1.54) is 12.1 Å². The fraction of sp³-hybridized carbons (Fsp3) is 0.500. The van der Waals surface area contributed by atoms with E-state index in [0.717, 1.165) is 37.2 Å². The Balaban J connectivity index is 1.48. The third-order valence-corrected chi connectivity index (χ3v) is 6.71. The molecule has 2 aliphatic heterocycles. The number of methoxy groups -OCH3 is 1. The molecule has 4 rings (SSSR count). The fourth-order valence-electron chi connectivity index (χ4n) is 4.74. The van der Waals surface area contributed by atoms with E-state index in [9.17, 15) is 9.18 Å². The Labute approximate surface area is 189 Å². The SMILES string of the molecule is COc1ccc(F)cc1-c1ccc(CC2(C(=O)NC[C@H]3CCCOC3)CCOCC2)cc1. The second-order valence-corrected chi connectivity index (χ2v) is 8.90. The summed E-state index contributed by atoms with van der Waals surface area (Å²) in [6.45, 7) is 3.40. The van der Waals surface area contributed by atoms with Gasteiger partial charge in [0, 0.05) is 31.9 Å². The van der Waals surface area contributed by atoms with E-state index in [1.807, 2.05) is 24.3 Å². The average Bonchev–Trinajstić information content (AvgIpc) is 2.84. The van der Waals surface area contributed by atoms with Crippen LogP contribution in [0.5, 0.6) is 5.75 Å². The lowest BCUT2D eigenvalue weighted by Crippen LogP contribution is -2.47. The number of rotatable bonds is 7. The average molecular weight is 442 g/mol. The molecule has 2 saturated heterocycles. The number of carbonyl (C=O) groups excluding carboxylic acids is 1. The first-order chi connectivity index (χ1) is 15.6. The van der Waals surface area contributed by atoms with Crippen molar-refractivity contribution in [2.75, 3.05) is 40.1 Å². The summed E-state index contributed by atoms with van der Waals surface area (Å²) >= 11 is 0. The number of amides is 1. The summed E-state index contributed by atoms with van der Waals surface area (Å²) in [6, 6.07) is 12.5. The van der Waals surface area contributed by atoms with Crippen LogP contribution >= 0.6 is 0 Å². The van der Waals surface area contributed by atoms with Crippen LogP contribution in [0.1, 0.15) is 31.2 Å². The lowest BCUT2D eigenvalue weighted by atomic mass is 9.74. The van der Waals surface area contributed by atoms with E-state index in [2.05, 4.69) is 5.32 Å². The summed E-state index contributed by atoms with van der Waals surface area (Å²) in [7, 11) is 1.58. The summed E-state index contributed by atoms with van der Waals surface area (Å²) in [5.41, 5.74) is 2.22. The summed E-state index contributed by atoms with van der Waals surface area (Å²) in [6.07, 6.45) is 4.23. The molecule has 2 aromatic carbocycles. The number of ether oxygens (including phenoxy) is 3. The zero-order chi connectivity index (χ0) is 22.4. The number of hydrogen-bond donors (Lipinski definition) is 1. The van der Waals surface area contributed by atoms with Gasteiger partial charge in [0.15, 0.2) is 0 Å². The molecule has 1 N–H and O–H groups in total. The highest BCUT2D eigenvalue weighted by Crippen LogP contribution is 2.36. The molecule has 0 aliphatic carbocycles. The van der Waals surface area contributed by atoms with E-state index < -0.39 is 5.41 Å². The third-order valence-electron chi connectivity index (χ3n) is 6.71. The van der Waals surface area contributed by atoms with Crippen LogP contribution in [0.3, 0.4) is 0 Å². The van der Waals surface area contributed by atoms with Crippen molar-refractivity contribution in [1.29, 1.82) is 0 Å². The number of carbonyl (C=O) groups is 1. The molecule has 6 heteroatoms. The first-order valence-electron chi connectivity index (χ1n) is 11.5. The molecule has 0 radical (unpaired) electrons. The first kappa shape index (κ1) is 22.7. The minimum atomic E-state index is -0.466. The number of halogens is 1. The maximum absolute atomic E-state index is 13.8. The molecule has 5 nitrogen and oxygen atoms in total. The third kappa shape index (κ3) is 5.30. The normalized spacial score (nSPS) is 20.5. The van der Waals surface area contributed by atoms with Crippen molar-refractivity contribution < 1.29 is 23.4 Å². The van der Waals surface area contributed by atoms with Gasteiger partial charge in [-0.3, -0.25) is 4.79 Å². The molecule has 2 heterocycles. The molecule has 2 aliphatic rings. The van der Waals surface area contributed by atoms with Gasteiger partial charge >= 0.3 is 0 Å². The summed E-state index contributed by atoms with van der Waals surface area (Å²) < 4.78 is 30.3. The van der Waals surface area contributed by atoms with Gasteiger partial charge in [0.1, 0.15) is 11.6 Å². The molecule has 0 spiro atoms. The Hall–Kier alpha value is -2.44. The zero-order valence-corrected chi connectivity index (χ0v) is 18.7. The fourth-order valence-corrected chi connectivity index (χ4v) is 4.74. The molecule has 1 amide bonds. The molecule has 2 aromatic rings. The maximum atomic E-state index is 13.8. The van der Waals surface area contributed by atoms with Crippen LogP contribution in [0.15, 0.2) is 42.5 Å². The molecule has 2 fully saturated rings. The number of hydrogen-bond acceptors (Lipinski definition) is 4. The quantitative estimate of drug-likeness (QED) is 0.693. The van der Waals surface area contributed by atoms with Gasteiger partial charge < -0.3 is 19.5 Å². The Morgan fingerprint density at radius 3 is 2.59 bits per heavy atom. The summed E-state index contributed by atoms with van der Waals surface area (Å²) in [4.78, 5) is 13.3. The second-order valence-electron chi connectivity index (χ2n) is 8.90. The van der Waals surface area contributed by atoms with Crippen LogP contribution < -0.4 is 10.1 Å². The van der Waals surface area contributed by atoms with E-state index >= 15 is 0 Å². The Morgan fingerprint density at radius 2 is 1.91 bits per heavy atom. The standard InChI is InChI=1S/C26H32FNO4/c1-30-24-9-8-22(27)15-23(24)21-6-4-19(5-7-21)16-26(10-13-31-14-11-26)25(29)28-17-20-3-2-12-32-18-20/h4-9,15,20H,2-3,10-14,16-18H2,1H3,(H,28,29)/t20-/m1/s1. The molecule has 0 aromatic heterocycles. The van der Waals surface area contributed by atoms with Gasteiger partial charge in [-0.25, -0.2) is 4.39 Å². The van der Waals surface area contributed by atoms with Crippen LogP contribution in [-0.4, -0.2) is 46.0 Å². The Kier molecular flexibility index (Phi) is 7.43. The van der Waals surface area contributed by atoms with Gasteiger partial charge in [0.05, 0.1) is 19.1 Å². The van der Waals surface area contributed by atoms with Gasteiger partial charge in [-0.05, 0) is 67.3 Å². The van der Waals surface area contributed by atoms with Gasteiger partial charge in [0.2, 0.25) is 5.91 Å². The monoisotopic (exact) mass is 441 g/mol. The highest BCUT2D eigenvalue weighted by atomic mass is 19.1. The van der Waals surface area contributed by atoms with Crippen molar-refractivity contribution >= 4 is 5.91 Å². The van der Waals surface area contributed by atoms with Gasteiger partial charge in [-0.1, -0.05) is 24.3 Å². The minimum absolute atomic E-state index is 0.113. The first-order valence-corrected chi connectivity index (χ1v) is 11.5. The van der Waals surface area contributed by atoms with E-state index in [0.29, 0.717) is 56.3 Å². The molecular formula is C26H32FNO4. The molecule has 0 bridgehead atoms. The van der Waals surface area contributed by atoms with Crippen molar-refractivity contribution in [2.45, 2.75) is 32.1 Å². The number of benzene rings is 2. The van der Waals surface area contributed by atoms with Crippen LogP contribution in [0.4, 0.5) is 4.39 Å². The highest BCUT2D eigenvalue weighted by Gasteiger charge is 2.40. The smallest absolute Gasteiger partial charge is 0.226 e. The predicted molar refractivity (Wildman–Crippen MR) is 121 cm³/mol. The van der Waals surface area contributed by atoms with E-state index in [1.54, 1.807) is 13.2 Å². The van der Waals surface area contributed by atoms with E-state index in [-0.39, 0.29) is 11.7 Å². The van der Waals surface area contributed by atoms with Gasteiger partial charge in [0.25, 0.3) is 0 Å². The Bertz CT molecular complexity index is 903. The molecule has 0 unspecified atom stereocenters. The van der Waals surface area contributed by atoms with Crippen molar-refractivity contribution in [3.05, 3.63) is 53.8 Å². The van der Waals surface area contributed by atoms with Gasteiger partial charge in [-0.15, -0.1) is 0 Å². The lowest BCUT2D eigenvalue weighted by Gasteiger charge is -2.36. The number of nitrogens with one attached hydrogen (secondary N) is 1.